The van der Waals surface area contributed by atoms with Gasteiger partial charge < -0.3 is 86.1 Å². The number of hydrogen-bond acceptors (Lipinski definition) is 6. The lowest BCUT2D eigenvalue weighted by Crippen LogP contribution is -3.00. The van der Waals surface area contributed by atoms with Crippen LogP contribution in [0, 0.1) is 0 Å². The average molecular weight is 895 g/mol. The minimum atomic E-state index is 0. The number of ether oxygens (including phenoxy) is 4. The zero-order valence-corrected chi connectivity index (χ0v) is 33.7. The van der Waals surface area contributed by atoms with E-state index in [2.05, 4.69) is 52.5 Å². The molecule has 0 saturated carbocycles. The number of quaternary nitrogens is 2. The van der Waals surface area contributed by atoms with Gasteiger partial charge in [-0.1, -0.05) is 18.2 Å². The van der Waals surface area contributed by atoms with Gasteiger partial charge in [0.05, 0.1) is 62.6 Å². The van der Waals surface area contributed by atoms with Crippen LogP contribution in [-0.2, 0) is 25.7 Å². The van der Waals surface area contributed by atoms with Gasteiger partial charge in [-0.25, -0.2) is 0 Å². The van der Waals surface area contributed by atoms with E-state index < -0.39 is 0 Å². The summed E-state index contributed by atoms with van der Waals surface area (Å²) in [5.41, 5.74) is 7.22. The van der Waals surface area contributed by atoms with Gasteiger partial charge in [-0.15, -0.1) is 0 Å². The number of rotatable bonds is 9. The number of aromatic hydroxyl groups is 2. The molecule has 0 aromatic heterocycles. The SMILES string of the molecule is COc1cc2c(cc1O)C(Cc1ccc(O)c(Oc3ccc(CC4c5cc(OC)c(OC)cc5CC[N+]4(C)C)cc3)c1)[N+](C)(C)CC2.[I-].[I-]. The number of nitrogens with zero attached hydrogens (tertiary/aromatic N) is 2. The Morgan fingerprint density at radius 1 is 0.571 bits per heavy atom. The lowest BCUT2D eigenvalue weighted by atomic mass is 9.87. The quantitative estimate of drug-likeness (QED) is 0.191. The van der Waals surface area contributed by atoms with Gasteiger partial charge in [0.2, 0.25) is 0 Å². The summed E-state index contributed by atoms with van der Waals surface area (Å²) in [6.07, 6.45) is 3.52. The van der Waals surface area contributed by atoms with Gasteiger partial charge in [-0.05, 0) is 70.8 Å². The molecule has 2 heterocycles. The number of likely N-dealkylation sites (N-methyl/N-ethyl adjacent to an activating group) is 2. The molecular formula is C39H48I2N2O6. The first-order valence-corrected chi connectivity index (χ1v) is 16.3. The second-order valence-electron chi connectivity index (χ2n) is 14.1. The molecule has 0 bridgehead atoms. The van der Waals surface area contributed by atoms with Crippen molar-refractivity contribution in [3.8, 4) is 40.2 Å². The minimum Gasteiger partial charge on any atom is -1.00 e. The minimum absolute atomic E-state index is 0. The van der Waals surface area contributed by atoms with Gasteiger partial charge in [0.15, 0.2) is 34.5 Å². The highest BCUT2D eigenvalue weighted by atomic mass is 127. The third kappa shape index (κ3) is 8.02. The number of halogens is 2. The van der Waals surface area contributed by atoms with Gasteiger partial charge in [-0.2, -0.15) is 0 Å². The van der Waals surface area contributed by atoms with Crippen molar-refractivity contribution < 1.29 is 86.1 Å². The van der Waals surface area contributed by atoms with Crippen LogP contribution in [0.4, 0.5) is 0 Å². The monoisotopic (exact) mass is 894 g/mol. The number of benzene rings is 4. The van der Waals surface area contributed by atoms with Crippen LogP contribution in [0.1, 0.15) is 45.5 Å². The van der Waals surface area contributed by atoms with Crippen molar-refractivity contribution in [3.63, 3.8) is 0 Å². The van der Waals surface area contributed by atoms with Crippen LogP contribution in [0.2, 0.25) is 0 Å². The van der Waals surface area contributed by atoms with Crippen LogP contribution in [-0.4, -0.2) is 81.8 Å². The van der Waals surface area contributed by atoms with Crippen molar-refractivity contribution in [2.75, 3.05) is 62.6 Å². The summed E-state index contributed by atoms with van der Waals surface area (Å²) in [7, 11) is 14.0. The molecule has 2 aliphatic heterocycles. The van der Waals surface area contributed by atoms with Crippen molar-refractivity contribution in [2.24, 2.45) is 0 Å². The fraction of sp³-hybridized carbons (Fsp3) is 0.385. The molecule has 49 heavy (non-hydrogen) atoms. The summed E-state index contributed by atoms with van der Waals surface area (Å²) < 4.78 is 24.6. The zero-order valence-electron chi connectivity index (χ0n) is 29.4. The van der Waals surface area contributed by atoms with Gasteiger partial charge in [0, 0.05) is 36.8 Å². The summed E-state index contributed by atoms with van der Waals surface area (Å²) in [6, 6.07) is 22.3. The molecule has 6 rings (SSSR count). The molecule has 0 fully saturated rings. The molecule has 10 heteroatoms. The molecule has 0 amide bonds. The first-order valence-electron chi connectivity index (χ1n) is 16.3. The summed E-state index contributed by atoms with van der Waals surface area (Å²) >= 11 is 0. The largest absolute Gasteiger partial charge is 1.00 e. The van der Waals surface area contributed by atoms with Gasteiger partial charge in [0.1, 0.15) is 17.8 Å². The Labute approximate surface area is 324 Å². The molecule has 0 aliphatic carbocycles. The van der Waals surface area contributed by atoms with Crippen LogP contribution in [0.3, 0.4) is 0 Å². The van der Waals surface area contributed by atoms with Crippen LogP contribution in [0.5, 0.6) is 40.2 Å². The van der Waals surface area contributed by atoms with Gasteiger partial charge in [-0.3, -0.25) is 0 Å². The van der Waals surface area contributed by atoms with Crippen LogP contribution >= 0.6 is 0 Å². The first-order chi connectivity index (χ1) is 22.4. The molecule has 0 saturated heterocycles. The van der Waals surface area contributed by atoms with Crippen molar-refractivity contribution >= 4 is 0 Å². The van der Waals surface area contributed by atoms with E-state index in [1.165, 1.54) is 22.3 Å². The Bertz CT molecular complexity index is 1780. The molecule has 2 aliphatic rings. The number of methoxy groups -OCH3 is 3. The highest BCUT2D eigenvalue weighted by Gasteiger charge is 2.38. The Morgan fingerprint density at radius 2 is 1.06 bits per heavy atom. The number of phenols is 2. The van der Waals surface area contributed by atoms with E-state index in [0.717, 1.165) is 70.4 Å². The van der Waals surface area contributed by atoms with E-state index in [4.69, 9.17) is 18.9 Å². The number of fused-ring (bicyclic) bond motifs is 2. The fourth-order valence-corrected chi connectivity index (χ4v) is 7.41. The standard InChI is InChI=1S/C39H46N2O6.2HI/c1-40(2)17-15-28-22-38(45-6)39(46-7)24-31(28)32(40)18-25-8-11-29(12-9-25)47-37-20-26(10-13-34(37)42)19-33-30-23-35(43)36(44-5)21-27(30)14-16-41(33,3)4;;/h8-13,20-24,32-33H,14-19H2,1-7H3;2*1H. The molecule has 2 N–H and O–H groups in total. The van der Waals surface area contributed by atoms with Crippen molar-refractivity contribution in [1.29, 1.82) is 0 Å². The number of phenolic OH excluding ortho intramolecular Hbond substituents is 2. The maximum Gasteiger partial charge on any atom is 0.169 e. The normalized spacial score (nSPS) is 18.5. The van der Waals surface area contributed by atoms with E-state index in [0.29, 0.717) is 17.2 Å². The molecule has 2 atom stereocenters. The highest BCUT2D eigenvalue weighted by Crippen LogP contribution is 2.44. The average Bonchev–Trinajstić information content (AvgIpc) is 3.05. The molecule has 4 aromatic rings. The Hall–Kier alpha value is -2.94. The van der Waals surface area contributed by atoms with Crippen molar-refractivity contribution in [2.45, 2.75) is 37.8 Å². The summed E-state index contributed by atoms with van der Waals surface area (Å²) in [6.45, 7) is 2.02. The summed E-state index contributed by atoms with van der Waals surface area (Å²) in [5.74, 6) is 3.39. The van der Waals surface area contributed by atoms with E-state index in [1.54, 1.807) is 27.4 Å². The van der Waals surface area contributed by atoms with Crippen LogP contribution in [0.15, 0.2) is 66.7 Å². The Balaban J connectivity index is 0.00000270. The second-order valence-corrected chi connectivity index (χ2v) is 14.1. The topological polar surface area (TPSA) is 77.4 Å². The molecule has 2 unspecified atom stereocenters. The first kappa shape index (κ1) is 38.9. The fourth-order valence-electron chi connectivity index (χ4n) is 7.41. The lowest BCUT2D eigenvalue weighted by molar-refractivity contribution is -0.923. The predicted molar refractivity (Wildman–Crippen MR) is 183 cm³/mol. The van der Waals surface area contributed by atoms with E-state index in [9.17, 15) is 10.2 Å². The van der Waals surface area contributed by atoms with Crippen LogP contribution in [0.25, 0.3) is 0 Å². The predicted octanol–water partition coefficient (Wildman–Crippen LogP) is 0.757. The third-order valence-corrected chi connectivity index (χ3v) is 10.4. The van der Waals surface area contributed by atoms with Crippen molar-refractivity contribution in [1.82, 2.24) is 0 Å². The molecule has 0 radical (unpaired) electrons. The second kappa shape index (κ2) is 15.5. The third-order valence-electron chi connectivity index (χ3n) is 10.4. The zero-order chi connectivity index (χ0) is 33.5. The maximum absolute atomic E-state index is 10.8. The molecular weight excluding hydrogens is 846 g/mol. The summed E-state index contributed by atoms with van der Waals surface area (Å²) in [5, 5.41) is 21.4. The molecule has 264 valence electrons. The molecule has 0 spiro atoms. The van der Waals surface area contributed by atoms with E-state index >= 15 is 0 Å². The van der Waals surface area contributed by atoms with Gasteiger partial charge in [0.25, 0.3) is 0 Å². The molecule has 8 nitrogen and oxygen atoms in total. The van der Waals surface area contributed by atoms with Crippen molar-refractivity contribution in [3.05, 3.63) is 100 Å². The van der Waals surface area contributed by atoms with Crippen LogP contribution < -0.4 is 66.9 Å². The maximum atomic E-state index is 10.8. The number of hydrogen-bond donors (Lipinski definition) is 2. The highest BCUT2D eigenvalue weighted by molar-refractivity contribution is 5.51. The smallest absolute Gasteiger partial charge is 0.169 e. The Kier molecular flexibility index (Phi) is 12.3. The molecule has 4 aromatic carbocycles. The lowest BCUT2D eigenvalue weighted by Gasteiger charge is -2.43. The van der Waals surface area contributed by atoms with Gasteiger partial charge >= 0.3 is 0 Å². The van der Waals surface area contributed by atoms with E-state index in [1.807, 2.05) is 36.4 Å². The summed E-state index contributed by atoms with van der Waals surface area (Å²) in [4.78, 5) is 0. The Morgan fingerprint density at radius 3 is 1.63 bits per heavy atom. The van der Waals surface area contributed by atoms with E-state index in [-0.39, 0.29) is 71.5 Å².